The Labute approximate surface area is 121 Å². The van der Waals surface area contributed by atoms with E-state index in [2.05, 4.69) is 17.9 Å². The van der Waals surface area contributed by atoms with Gasteiger partial charge in [-0.1, -0.05) is 31.2 Å². The second kappa shape index (κ2) is 8.18. The first kappa shape index (κ1) is 15.2. The number of likely N-dealkylation sites (N-methyl/N-ethyl adjacent to an activating group) is 1. The fourth-order valence-corrected chi connectivity index (χ4v) is 2.48. The van der Waals surface area contributed by atoms with Gasteiger partial charge in [-0.3, -0.25) is 4.90 Å². The summed E-state index contributed by atoms with van der Waals surface area (Å²) in [6.07, 6.45) is 8.24. The van der Waals surface area contributed by atoms with Crippen LogP contribution in [0, 0.1) is 5.82 Å². The van der Waals surface area contributed by atoms with Crippen molar-refractivity contribution < 1.29 is 9.13 Å². The fraction of sp³-hybridized carbons (Fsp3) is 0.529. The van der Waals surface area contributed by atoms with Crippen LogP contribution in [0.15, 0.2) is 30.3 Å². The minimum absolute atomic E-state index is 0.188. The van der Waals surface area contributed by atoms with Crippen LogP contribution in [0.3, 0.4) is 0 Å². The van der Waals surface area contributed by atoms with Gasteiger partial charge in [-0.15, -0.1) is 0 Å². The van der Waals surface area contributed by atoms with E-state index in [4.69, 9.17) is 4.74 Å². The first-order valence-corrected chi connectivity index (χ1v) is 7.54. The van der Waals surface area contributed by atoms with E-state index < -0.39 is 0 Å². The van der Waals surface area contributed by atoms with Crippen molar-refractivity contribution in [2.75, 3.05) is 26.2 Å². The summed E-state index contributed by atoms with van der Waals surface area (Å²) in [7, 11) is 0. The van der Waals surface area contributed by atoms with Crippen LogP contribution in [0.25, 0.3) is 6.08 Å². The fourth-order valence-electron chi connectivity index (χ4n) is 2.48. The summed E-state index contributed by atoms with van der Waals surface area (Å²) in [5, 5.41) is 0. The molecule has 0 aromatic heterocycles. The maximum atomic E-state index is 12.8. The molecule has 1 unspecified atom stereocenters. The van der Waals surface area contributed by atoms with Gasteiger partial charge in [0.25, 0.3) is 0 Å². The summed E-state index contributed by atoms with van der Waals surface area (Å²) < 4.78 is 18.6. The van der Waals surface area contributed by atoms with Crippen molar-refractivity contribution in [2.24, 2.45) is 0 Å². The van der Waals surface area contributed by atoms with Crippen molar-refractivity contribution in [3.05, 3.63) is 41.7 Å². The van der Waals surface area contributed by atoms with E-state index in [1.165, 1.54) is 31.4 Å². The summed E-state index contributed by atoms with van der Waals surface area (Å²) in [6.45, 7) is 6.02. The standard InChI is InChI=1S/C17H24FNO/c1-2-19(14-17-7-3-4-13-20-17)12-5-6-15-8-10-16(18)11-9-15/h5-6,8-11,17H,2-4,7,12-14H2,1H3. The minimum Gasteiger partial charge on any atom is -0.377 e. The molecule has 0 saturated carbocycles. The Bertz CT molecular complexity index is 410. The van der Waals surface area contributed by atoms with Gasteiger partial charge >= 0.3 is 0 Å². The molecule has 0 N–H and O–H groups in total. The van der Waals surface area contributed by atoms with Crippen LogP contribution >= 0.6 is 0 Å². The smallest absolute Gasteiger partial charge is 0.123 e. The summed E-state index contributed by atoms with van der Waals surface area (Å²) in [6, 6.07) is 6.58. The topological polar surface area (TPSA) is 12.5 Å². The lowest BCUT2D eigenvalue weighted by molar-refractivity contribution is -0.00296. The molecule has 0 aliphatic carbocycles. The monoisotopic (exact) mass is 277 g/mol. The molecule has 1 heterocycles. The lowest BCUT2D eigenvalue weighted by Crippen LogP contribution is -2.35. The van der Waals surface area contributed by atoms with Crippen LogP contribution in [0.5, 0.6) is 0 Å². The summed E-state index contributed by atoms with van der Waals surface area (Å²) in [5.41, 5.74) is 1.04. The molecule has 20 heavy (non-hydrogen) atoms. The van der Waals surface area contributed by atoms with Crippen LogP contribution < -0.4 is 0 Å². The Kier molecular flexibility index (Phi) is 6.22. The van der Waals surface area contributed by atoms with Crippen molar-refractivity contribution in [2.45, 2.75) is 32.3 Å². The van der Waals surface area contributed by atoms with Gasteiger partial charge in [0.2, 0.25) is 0 Å². The first-order valence-electron chi connectivity index (χ1n) is 7.54. The maximum absolute atomic E-state index is 12.8. The molecule has 1 atom stereocenters. The third kappa shape index (κ3) is 5.06. The number of rotatable bonds is 6. The van der Waals surface area contributed by atoms with Crippen molar-refractivity contribution in [1.29, 1.82) is 0 Å². The Morgan fingerprint density at radius 3 is 2.75 bits per heavy atom. The van der Waals surface area contributed by atoms with Crippen LogP contribution in [0.4, 0.5) is 4.39 Å². The minimum atomic E-state index is -0.188. The predicted octanol–water partition coefficient (Wildman–Crippen LogP) is 3.73. The van der Waals surface area contributed by atoms with E-state index in [1.54, 1.807) is 12.1 Å². The molecule has 3 heteroatoms. The number of nitrogens with zero attached hydrogens (tertiary/aromatic N) is 1. The van der Waals surface area contributed by atoms with E-state index in [1.807, 2.05) is 6.08 Å². The molecule has 1 aromatic rings. The number of benzene rings is 1. The predicted molar refractivity (Wildman–Crippen MR) is 81.1 cm³/mol. The third-order valence-electron chi connectivity index (χ3n) is 3.73. The van der Waals surface area contributed by atoms with E-state index in [9.17, 15) is 4.39 Å². The molecular weight excluding hydrogens is 253 g/mol. The zero-order valence-electron chi connectivity index (χ0n) is 12.2. The van der Waals surface area contributed by atoms with Gasteiger partial charge in [0.1, 0.15) is 5.82 Å². The number of ether oxygens (including phenoxy) is 1. The van der Waals surface area contributed by atoms with E-state index in [-0.39, 0.29) is 5.82 Å². The molecule has 0 bridgehead atoms. The van der Waals surface area contributed by atoms with Crippen LogP contribution in [0.2, 0.25) is 0 Å². The van der Waals surface area contributed by atoms with Gasteiger partial charge in [-0.25, -0.2) is 4.39 Å². The lowest BCUT2D eigenvalue weighted by Gasteiger charge is -2.28. The molecule has 1 aliphatic rings. The molecule has 0 radical (unpaired) electrons. The Morgan fingerprint density at radius 2 is 2.10 bits per heavy atom. The van der Waals surface area contributed by atoms with Gasteiger partial charge in [0.15, 0.2) is 0 Å². The second-order valence-electron chi connectivity index (χ2n) is 5.29. The molecule has 110 valence electrons. The Hall–Kier alpha value is -1.19. The highest BCUT2D eigenvalue weighted by molar-refractivity contribution is 5.48. The molecule has 1 saturated heterocycles. The summed E-state index contributed by atoms with van der Waals surface area (Å²) in [4.78, 5) is 2.38. The van der Waals surface area contributed by atoms with Crippen molar-refractivity contribution in [3.63, 3.8) is 0 Å². The van der Waals surface area contributed by atoms with Crippen molar-refractivity contribution in [1.82, 2.24) is 4.90 Å². The zero-order chi connectivity index (χ0) is 14.2. The molecule has 0 amide bonds. The maximum Gasteiger partial charge on any atom is 0.123 e. The zero-order valence-corrected chi connectivity index (χ0v) is 12.2. The number of hydrogen-bond acceptors (Lipinski definition) is 2. The molecule has 1 aliphatic heterocycles. The van der Waals surface area contributed by atoms with Gasteiger partial charge in [-0.05, 0) is 43.5 Å². The highest BCUT2D eigenvalue weighted by Crippen LogP contribution is 2.14. The Morgan fingerprint density at radius 1 is 1.30 bits per heavy atom. The highest BCUT2D eigenvalue weighted by Gasteiger charge is 2.16. The van der Waals surface area contributed by atoms with Crippen LogP contribution in [0.1, 0.15) is 31.7 Å². The van der Waals surface area contributed by atoms with E-state index in [0.29, 0.717) is 6.10 Å². The van der Waals surface area contributed by atoms with Crippen molar-refractivity contribution >= 4 is 6.08 Å². The molecule has 1 aromatic carbocycles. The normalized spacial score (nSPS) is 19.9. The lowest BCUT2D eigenvalue weighted by atomic mass is 10.1. The first-order chi connectivity index (χ1) is 9.78. The molecule has 2 nitrogen and oxygen atoms in total. The highest BCUT2D eigenvalue weighted by atomic mass is 19.1. The average molecular weight is 277 g/mol. The quantitative estimate of drug-likeness (QED) is 0.785. The summed E-state index contributed by atoms with van der Waals surface area (Å²) >= 11 is 0. The SMILES string of the molecule is CCN(CC=Cc1ccc(F)cc1)CC1CCCCO1. The van der Waals surface area contributed by atoms with Gasteiger partial charge in [0.05, 0.1) is 6.10 Å². The third-order valence-corrected chi connectivity index (χ3v) is 3.73. The number of halogens is 1. The van der Waals surface area contributed by atoms with Crippen LogP contribution in [-0.2, 0) is 4.74 Å². The van der Waals surface area contributed by atoms with Gasteiger partial charge < -0.3 is 4.74 Å². The van der Waals surface area contributed by atoms with Gasteiger partial charge in [0, 0.05) is 19.7 Å². The Balaban J connectivity index is 1.79. The molecular formula is C17H24FNO. The number of hydrogen-bond donors (Lipinski definition) is 0. The molecule has 1 fully saturated rings. The molecule has 2 rings (SSSR count). The molecule has 0 spiro atoms. The average Bonchev–Trinajstić information content (AvgIpc) is 2.49. The summed E-state index contributed by atoms with van der Waals surface area (Å²) in [5.74, 6) is -0.188. The largest absolute Gasteiger partial charge is 0.377 e. The van der Waals surface area contributed by atoms with Gasteiger partial charge in [-0.2, -0.15) is 0 Å². The van der Waals surface area contributed by atoms with Crippen molar-refractivity contribution in [3.8, 4) is 0 Å². The van der Waals surface area contributed by atoms with E-state index >= 15 is 0 Å². The van der Waals surface area contributed by atoms with Crippen LogP contribution in [-0.4, -0.2) is 37.2 Å². The van der Waals surface area contributed by atoms with E-state index in [0.717, 1.165) is 31.8 Å². The second-order valence-corrected chi connectivity index (χ2v) is 5.29.